The predicted octanol–water partition coefficient (Wildman–Crippen LogP) is 14.2. The molecule has 5 heteroatoms. The minimum Gasteiger partial charge on any atom is -0.309 e. The largest absolute Gasteiger partial charge is 0.309 e. The van der Waals surface area contributed by atoms with Crippen LogP contribution in [0.4, 0.5) is 17.1 Å². The molecule has 0 aliphatic carbocycles. The van der Waals surface area contributed by atoms with Gasteiger partial charge < -0.3 is 4.90 Å². The Morgan fingerprint density at radius 3 is 1.82 bits per heavy atom. The second-order valence-corrected chi connectivity index (χ2v) is 15.5. The summed E-state index contributed by atoms with van der Waals surface area (Å²) in [6, 6.07) is 65.1. The van der Waals surface area contributed by atoms with Crippen LogP contribution in [0.5, 0.6) is 0 Å². The lowest BCUT2D eigenvalue weighted by atomic mass is 9.87. The molecule has 3 heterocycles. The van der Waals surface area contributed by atoms with Crippen LogP contribution < -0.4 is 4.90 Å². The Hall–Kier alpha value is -7.21. The molecule has 4 nitrogen and oxygen atoms in total. The Labute approximate surface area is 326 Å². The fraction of sp³-hybridized carbons (Fsp3) is 0. The highest BCUT2D eigenvalue weighted by molar-refractivity contribution is 7.25. The fourth-order valence-electron chi connectivity index (χ4n) is 8.65. The zero-order chi connectivity index (χ0) is 36.7. The number of hydrogen-bond donors (Lipinski definition) is 0. The number of nitrogens with zero attached hydrogens (tertiary/aromatic N) is 4. The van der Waals surface area contributed by atoms with E-state index in [0.29, 0.717) is 17.5 Å². The van der Waals surface area contributed by atoms with Gasteiger partial charge in [-0.2, -0.15) is 0 Å². The van der Waals surface area contributed by atoms with E-state index in [4.69, 9.17) is 15.0 Å². The van der Waals surface area contributed by atoms with Crippen molar-refractivity contribution in [3.8, 4) is 45.3 Å². The summed E-state index contributed by atoms with van der Waals surface area (Å²) in [4.78, 5) is 17.8. The van der Waals surface area contributed by atoms with Gasteiger partial charge in [-0.1, -0.05) is 146 Å². The van der Waals surface area contributed by atoms with E-state index in [2.05, 4.69) is 169 Å². The minimum absolute atomic E-state index is 0.645. The quantitative estimate of drug-likeness (QED) is 0.181. The van der Waals surface area contributed by atoms with Crippen molar-refractivity contribution in [2.24, 2.45) is 0 Å². The van der Waals surface area contributed by atoms with Crippen molar-refractivity contribution in [1.29, 1.82) is 0 Å². The zero-order valence-electron chi connectivity index (χ0n) is 30.0. The highest BCUT2D eigenvalue weighted by atomic mass is 32.1. The summed E-state index contributed by atoms with van der Waals surface area (Å²) in [5, 5.41) is 9.79. The lowest BCUT2D eigenvalue weighted by Crippen LogP contribution is -2.15. The number of aromatic nitrogens is 3. The van der Waals surface area contributed by atoms with Crippen LogP contribution in [0.2, 0.25) is 0 Å². The second-order valence-electron chi connectivity index (χ2n) is 14.4. The van der Waals surface area contributed by atoms with Crippen molar-refractivity contribution >= 4 is 80.9 Å². The van der Waals surface area contributed by atoms with E-state index in [0.717, 1.165) is 33.2 Å². The Balaban J connectivity index is 1.04. The maximum absolute atomic E-state index is 5.16. The van der Waals surface area contributed by atoms with Crippen LogP contribution in [0.1, 0.15) is 0 Å². The molecule has 0 radical (unpaired) electrons. The molecule has 0 fully saturated rings. The van der Waals surface area contributed by atoms with Crippen LogP contribution >= 0.6 is 11.3 Å². The van der Waals surface area contributed by atoms with Crippen LogP contribution in [-0.2, 0) is 0 Å². The molecule has 0 N–H and O–H groups in total. The highest BCUT2D eigenvalue weighted by Gasteiger charge is 2.28. The van der Waals surface area contributed by atoms with Gasteiger partial charge in [0, 0.05) is 53.2 Å². The smallest absolute Gasteiger partial charge is 0.164 e. The Bertz CT molecular complexity index is 3380. The van der Waals surface area contributed by atoms with Gasteiger partial charge in [-0.15, -0.1) is 11.3 Å². The van der Waals surface area contributed by atoms with E-state index >= 15 is 0 Å². The first-order valence-corrected chi connectivity index (χ1v) is 19.7. The number of thiophene rings is 1. The lowest BCUT2D eigenvalue weighted by Gasteiger charge is -2.35. The van der Waals surface area contributed by atoms with E-state index in [1.165, 1.54) is 64.2 Å². The standard InChI is InChI=1S/C51H30N4S/c1-2-12-33(13-3-1)49-52-50(54-51(53-49)36-24-27-40-39-18-6-7-22-45(39)56-46(40)30-36)35-23-26-37-34(29-35)16-10-20-42(37)55-43-21-9-15-32-14-8-19-41(47(32)43)48-38-17-5-4-11-31(38)25-28-44(48)55/h1-30H. The molecule has 56 heavy (non-hydrogen) atoms. The van der Waals surface area contributed by atoms with E-state index in [9.17, 15) is 0 Å². The normalized spacial score (nSPS) is 12.2. The van der Waals surface area contributed by atoms with Crippen molar-refractivity contribution in [2.75, 3.05) is 4.90 Å². The average molecular weight is 731 g/mol. The molecule has 12 rings (SSSR count). The first-order valence-electron chi connectivity index (χ1n) is 18.9. The lowest BCUT2D eigenvalue weighted by molar-refractivity contribution is 1.08. The predicted molar refractivity (Wildman–Crippen MR) is 235 cm³/mol. The maximum atomic E-state index is 5.16. The summed E-state index contributed by atoms with van der Waals surface area (Å²) < 4.78 is 2.49. The number of hydrogen-bond acceptors (Lipinski definition) is 5. The Morgan fingerprint density at radius 1 is 0.357 bits per heavy atom. The second kappa shape index (κ2) is 12.2. The van der Waals surface area contributed by atoms with Crippen LogP contribution in [0, 0.1) is 0 Å². The van der Waals surface area contributed by atoms with Gasteiger partial charge >= 0.3 is 0 Å². The summed E-state index contributed by atoms with van der Waals surface area (Å²) in [6.07, 6.45) is 0. The van der Waals surface area contributed by atoms with Crippen molar-refractivity contribution in [3.63, 3.8) is 0 Å². The highest BCUT2D eigenvalue weighted by Crippen LogP contribution is 2.54. The molecule has 0 atom stereocenters. The molecule has 11 aromatic rings. The van der Waals surface area contributed by atoms with E-state index < -0.39 is 0 Å². The molecule has 0 saturated heterocycles. The van der Waals surface area contributed by atoms with E-state index in [-0.39, 0.29) is 0 Å². The molecule has 0 saturated carbocycles. The van der Waals surface area contributed by atoms with E-state index in [1.54, 1.807) is 11.3 Å². The molecule has 260 valence electrons. The first kappa shape index (κ1) is 31.2. The summed E-state index contributed by atoms with van der Waals surface area (Å²) in [5.41, 5.74) is 8.89. The Kier molecular flexibility index (Phi) is 6.76. The van der Waals surface area contributed by atoms with Crippen LogP contribution in [-0.4, -0.2) is 15.0 Å². The van der Waals surface area contributed by atoms with Crippen molar-refractivity contribution in [3.05, 3.63) is 182 Å². The molecule has 9 aromatic carbocycles. The van der Waals surface area contributed by atoms with Gasteiger partial charge in [0.2, 0.25) is 0 Å². The van der Waals surface area contributed by atoms with Gasteiger partial charge in [-0.25, -0.2) is 15.0 Å². The molecule has 1 aliphatic heterocycles. The number of anilines is 3. The summed E-state index contributed by atoms with van der Waals surface area (Å²) in [7, 11) is 0. The maximum Gasteiger partial charge on any atom is 0.164 e. The molecule has 0 spiro atoms. The number of benzene rings is 9. The summed E-state index contributed by atoms with van der Waals surface area (Å²) >= 11 is 1.80. The van der Waals surface area contributed by atoms with E-state index in [1.807, 2.05) is 18.2 Å². The third kappa shape index (κ3) is 4.75. The first-order chi connectivity index (χ1) is 27.7. The molecular weight excluding hydrogens is 701 g/mol. The van der Waals surface area contributed by atoms with Gasteiger partial charge in [-0.3, -0.25) is 0 Å². The molecule has 2 aromatic heterocycles. The molecular formula is C51H30N4S. The van der Waals surface area contributed by atoms with Crippen LogP contribution in [0.15, 0.2) is 182 Å². The number of rotatable bonds is 4. The molecule has 0 unspecified atom stereocenters. The van der Waals surface area contributed by atoms with Crippen molar-refractivity contribution < 1.29 is 0 Å². The van der Waals surface area contributed by atoms with Gasteiger partial charge in [0.1, 0.15) is 0 Å². The zero-order valence-corrected chi connectivity index (χ0v) is 30.8. The van der Waals surface area contributed by atoms with Crippen LogP contribution in [0.3, 0.4) is 0 Å². The van der Waals surface area contributed by atoms with Crippen molar-refractivity contribution in [2.45, 2.75) is 0 Å². The SMILES string of the molecule is c1ccc(-c2nc(-c3ccc4c(N5c6ccc7ccccc7c6-c6cccc7cccc5c67)cccc4c3)nc(-c3ccc4c(c3)sc3ccccc34)n2)cc1. The topological polar surface area (TPSA) is 41.9 Å². The van der Waals surface area contributed by atoms with Gasteiger partial charge in [-0.05, 0) is 63.5 Å². The summed E-state index contributed by atoms with van der Waals surface area (Å²) in [5.74, 6) is 1.96. The average Bonchev–Trinajstić information content (AvgIpc) is 3.64. The van der Waals surface area contributed by atoms with Gasteiger partial charge in [0.05, 0.1) is 17.1 Å². The molecule has 0 bridgehead atoms. The number of fused-ring (bicyclic) bond motifs is 8. The van der Waals surface area contributed by atoms with Gasteiger partial charge in [0.15, 0.2) is 17.5 Å². The minimum atomic E-state index is 0.645. The fourth-order valence-corrected chi connectivity index (χ4v) is 9.80. The Morgan fingerprint density at radius 2 is 0.982 bits per heavy atom. The van der Waals surface area contributed by atoms with Crippen LogP contribution in [0.25, 0.3) is 97.8 Å². The van der Waals surface area contributed by atoms with Gasteiger partial charge in [0.25, 0.3) is 0 Å². The third-order valence-corrected chi connectivity index (χ3v) is 12.3. The van der Waals surface area contributed by atoms with Crippen molar-refractivity contribution in [1.82, 2.24) is 15.0 Å². The summed E-state index contributed by atoms with van der Waals surface area (Å²) in [6.45, 7) is 0. The molecule has 0 amide bonds. The third-order valence-electron chi connectivity index (χ3n) is 11.2. The monoisotopic (exact) mass is 730 g/mol. The molecule has 1 aliphatic rings.